The number of carbonyl (C=O) groups excluding carboxylic acids is 4. The number of cyclic esters (lactones) is 1. The Morgan fingerprint density at radius 2 is 1.65 bits per heavy atom. The van der Waals surface area contributed by atoms with Gasteiger partial charge in [-0.1, -0.05) is 70.9 Å². The SMILES string of the molecule is CCCC[C@H](C)[C@@H]1CC(=O)N[C@@H](Cc2ccccc2)C(=O)N[C@@H](C)C(=O)N[C@H](C(C)C)C(=O)O1. The molecule has 0 bridgehead atoms. The molecule has 3 N–H and O–H groups in total. The van der Waals surface area contributed by atoms with Crippen molar-refractivity contribution in [1.82, 2.24) is 16.0 Å². The van der Waals surface area contributed by atoms with Crippen LogP contribution in [0.3, 0.4) is 0 Å². The average molecular weight is 474 g/mol. The lowest BCUT2D eigenvalue weighted by atomic mass is 9.94. The van der Waals surface area contributed by atoms with Gasteiger partial charge in [-0.05, 0) is 30.7 Å². The maximum absolute atomic E-state index is 13.1. The molecule has 0 saturated carbocycles. The predicted molar refractivity (Wildman–Crippen MR) is 130 cm³/mol. The molecule has 1 aliphatic heterocycles. The summed E-state index contributed by atoms with van der Waals surface area (Å²) in [6, 6.07) is 6.72. The first kappa shape index (κ1) is 27.3. The van der Waals surface area contributed by atoms with Crippen LogP contribution in [0, 0.1) is 11.8 Å². The molecule has 1 aromatic carbocycles. The molecule has 8 nitrogen and oxygen atoms in total. The first-order chi connectivity index (χ1) is 16.1. The lowest BCUT2D eigenvalue weighted by Gasteiger charge is -2.28. The fraction of sp³-hybridized carbons (Fsp3) is 0.615. The molecule has 1 fully saturated rings. The number of hydrogen-bond acceptors (Lipinski definition) is 5. The molecule has 5 atom stereocenters. The van der Waals surface area contributed by atoms with Crippen LogP contribution < -0.4 is 16.0 Å². The van der Waals surface area contributed by atoms with E-state index in [9.17, 15) is 19.2 Å². The number of rotatable bonds is 7. The number of hydrogen-bond donors (Lipinski definition) is 3. The third-order valence-corrected chi connectivity index (χ3v) is 6.21. The normalized spacial score (nSPS) is 25.7. The van der Waals surface area contributed by atoms with Crippen molar-refractivity contribution < 1.29 is 23.9 Å². The highest BCUT2D eigenvalue weighted by Gasteiger charge is 2.34. The van der Waals surface area contributed by atoms with Crippen LogP contribution in [0.15, 0.2) is 30.3 Å². The molecule has 0 radical (unpaired) electrons. The molecule has 2 rings (SSSR count). The zero-order valence-electron chi connectivity index (χ0n) is 20.9. The minimum absolute atomic E-state index is 0.0521. The Hall–Kier alpha value is -2.90. The van der Waals surface area contributed by atoms with Crippen LogP contribution in [0.4, 0.5) is 0 Å². The minimum Gasteiger partial charge on any atom is -0.460 e. The van der Waals surface area contributed by atoms with Crippen LogP contribution >= 0.6 is 0 Å². The molecule has 1 saturated heterocycles. The lowest BCUT2D eigenvalue weighted by Crippen LogP contribution is -2.55. The summed E-state index contributed by atoms with van der Waals surface area (Å²) in [5.41, 5.74) is 0.878. The zero-order chi connectivity index (χ0) is 25.3. The van der Waals surface area contributed by atoms with E-state index in [1.165, 1.54) is 0 Å². The maximum Gasteiger partial charge on any atom is 0.329 e. The summed E-state index contributed by atoms with van der Waals surface area (Å²) >= 11 is 0. The first-order valence-electron chi connectivity index (χ1n) is 12.3. The van der Waals surface area contributed by atoms with Gasteiger partial charge in [-0.3, -0.25) is 14.4 Å². The van der Waals surface area contributed by atoms with E-state index in [-0.39, 0.29) is 30.6 Å². The van der Waals surface area contributed by atoms with Crippen LogP contribution in [-0.2, 0) is 30.3 Å². The molecular weight excluding hydrogens is 434 g/mol. The number of ether oxygens (including phenoxy) is 1. The third kappa shape index (κ3) is 8.15. The summed E-state index contributed by atoms with van der Waals surface area (Å²) in [6.45, 7) is 9.20. The zero-order valence-corrected chi connectivity index (χ0v) is 20.9. The van der Waals surface area contributed by atoms with Gasteiger partial charge in [0.15, 0.2) is 0 Å². The first-order valence-corrected chi connectivity index (χ1v) is 12.3. The largest absolute Gasteiger partial charge is 0.460 e. The number of unbranched alkanes of at least 4 members (excludes halogenated alkanes) is 1. The molecule has 1 heterocycles. The predicted octanol–water partition coefficient (Wildman–Crippen LogP) is 2.50. The molecule has 0 aliphatic carbocycles. The summed E-state index contributed by atoms with van der Waals surface area (Å²) < 4.78 is 5.81. The number of nitrogens with one attached hydrogen (secondary N) is 3. The van der Waals surface area contributed by atoms with E-state index < -0.39 is 42.0 Å². The highest BCUT2D eigenvalue weighted by molar-refractivity contribution is 5.94. The number of carbonyl (C=O) groups is 4. The van der Waals surface area contributed by atoms with Gasteiger partial charge < -0.3 is 20.7 Å². The van der Waals surface area contributed by atoms with Crippen LogP contribution in [0.25, 0.3) is 0 Å². The maximum atomic E-state index is 13.1. The molecule has 0 spiro atoms. The van der Waals surface area contributed by atoms with Crippen molar-refractivity contribution in [3.05, 3.63) is 35.9 Å². The molecule has 0 aromatic heterocycles. The molecule has 34 heavy (non-hydrogen) atoms. The van der Waals surface area contributed by atoms with Crippen molar-refractivity contribution in [3.63, 3.8) is 0 Å². The van der Waals surface area contributed by atoms with Gasteiger partial charge in [-0.15, -0.1) is 0 Å². The topological polar surface area (TPSA) is 114 Å². The number of amides is 3. The van der Waals surface area contributed by atoms with E-state index in [0.717, 1.165) is 24.8 Å². The molecule has 8 heteroatoms. The average Bonchev–Trinajstić information content (AvgIpc) is 2.79. The molecule has 3 amide bonds. The van der Waals surface area contributed by atoms with E-state index in [0.29, 0.717) is 0 Å². The second kappa shape index (κ2) is 13.1. The minimum atomic E-state index is -0.892. The van der Waals surface area contributed by atoms with Gasteiger partial charge in [0.25, 0.3) is 0 Å². The summed E-state index contributed by atoms with van der Waals surface area (Å²) in [5, 5.41) is 8.20. The van der Waals surface area contributed by atoms with Gasteiger partial charge >= 0.3 is 5.97 Å². The third-order valence-electron chi connectivity index (χ3n) is 6.21. The molecule has 188 valence electrons. The quantitative estimate of drug-likeness (QED) is 0.527. The van der Waals surface area contributed by atoms with E-state index in [1.807, 2.05) is 51.1 Å². The molecule has 1 aromatic rings. The number of esters is 1. The Labute approximate surface area is 202 Å². The van der Waals surface area contributed by atoms with Gasteiger partial charge in [0.1, 0.15) is 24.2 Å². The molecule has 0 unspecified atom stereocenters. The Morgan fingerprint density at radius 3 is 2.26 bits per heavy atom. The van der Waals surface area contributed by atoms with E-state index >= 15 is 0 Å². The van der Waals surface area contributed by atoms with Crippen molar-refractivity contribution in [2.24, 2.45) is 11.8 Å². The van der Waals surface area contributed by atoms with Crippen LogP contribution in [-0.4, -0.2) is 47.9 Å². The fourth-order valence-corrected chi connectivity index (χ4v) is 3.94. The summed E-state index contributed by atoms with van der Waals surface area (Å²) in [4.78, 5) is 51.9. The fourth-order valence-electron chi connectivity index (χ4n) is 3.94. The van der Waals surface area contributed by atoms with Crippen LogP contribution in [0.2, 0.25) is 0 Å². The van der Waals surface area contributed by atoms with Crippen LogP contribution in [0.1, 0.15) is 65.9 Å². The summed E-state index contributed by atoms with van der Waals surface area (Å²) in [6.07, 6.45) is 2.29. The van der Waals surface area contributed by atoms with E-state index in [4.69, 9.17) is 4.74 Å². The monoisotopic (exact) mass is 473 g/mol. The van der Waals surface area contributed by atoms with Crippen molar-refractivity contribution >= 4 is 23.7 Å². The highest BCUT2D eigenvalue weighted by Crippen LogP contribution is 2.20. The number of benzene rings is 1. The van der Waals surface area contributed by atoms with Gasteiger partial charge in [0.2, 0.25) is 17.7 Å². The van der Waals surface area contributed by atoms with E-state index in [2.05, 4.69) is 22.9 Å². The second-order valence-corrected chi connectivity index (χ2v) is 9.57. The Balaban J connectivity index is 2.35. The Morgan fingerprint density at radius 1 is 0.971 bits per heavy atom. The second-order valence-electron chi connectivity index (χ2n) is 9.57. The summed E-state index contributed by atoms with van der Waals surface area (Å²) in [5.74, 6) is -2.15. The van der Waals surface area contributed by atoms with Crippen molar-refractivity contribution in [1.29, 1.82) is 0 Å². The smallest absolute Gasteiger partial charge is 0.329 e. The Bertz CT molecular complexity index is 842. The van der Waals surface area contributed by atoms with E-state index in [1.54, 1.807) is 6.92 Å². The molecule has 1 aliphatic rings. The highest BCUT2D eigenvalue weighted by atomic mass is 16.5. The summed E-state index contributed by atoms with van der Waals surface area (Å²) in [7, 11) is 0. The van der Waals surface area contributed by atoms with Crippen LogP contribution in [0.5, 0.6) is 0 Å². The van der Waals surface area contributed by atoms with Crippen molar-refractivity contribution in [3.8, 4) is 0 Å². The van der Waals surface area contributed by atoms with Crippen molar-refractivity contribution in [2.45, 2.75) is 91.0 Å². The van der Waals surface area contributed by atoms with Gasteiger partial charge in [-0.25, -0.2) is 4.79 Å². The standard InChI is InChI=1S/C26H39N3O5/c1-6-7-11-17(4)21-15-22(30)28-20(14-19-12-9-8-10-13-19)25(32)27-18(5)24(31)29-23(16(2)3)26(33)34-21/h8-10,12-13,16-18,20-21,23H,6-7,11,14-15H2,1-5H3,(H,27,32)(H,28,30)(H,29,31)/t17-,18-,20-,21-,23+/m0/s1. The van der Waals surface area contributed by atoms with Gasteiger partial charge in [0, 0.05) is 6.42 Å². The van der Waals surface area contributed by atoms with Crippen molar-refractivity contribution in [2.75, 3.05) is 0 Å². The molecular formula is C26H39N3O5. The Kier molecular flexibility index (Phi) is 10.5. The van der Waals surface area contributed by atoms with Gasteiger partial charge in [-0.2, -0.15) is 0 Å². The lowest BCUT2D eigenvalue weighted by molar-refractivity contribution is -0.158. The van der Waals surface area contributed by atoms with Gasteiger partial charge in [0.05, 0.1) is 6.42 Å².